The van der Waals surface area contributed by atoms with E-state index >= 15 is 0 Å². The second-order valence-corrected chi connectivity index (χ2v) is 5.98. The standard InChI is InChI=1S/C16H24BrNO2/c1-3-12(8-9-18)4-6-15(19)11-13-10-14(17)5-7-16(13)20-2/h5,7,10,12H,3-4,6,8-9,11,18H2,1-2H3. The number of Topliss-reactive ketones (excluding diaryl/α,β-unsaturated/α-hetero) is 1. The van der Waals surface area contributed by atoms with E-state index in [0.717, 1.165) is 35.0 Å². The van der Waals surface area contributed by atoms with E-state index in [1.165, 1.54) is 0 Å². The summed E-state index contributed by atoms with van der Waals surface area (Å²) in [5, 5.41) is 0. The van der Waals surface area contributed by atoms with Crippen molar-refractivity contribution in [2.75, 3.05) is 13.7 Å². The molecule has 2 N–H and O–H groups in total. The minimum Gasteiger partial charge on any atom is -0.496 e. The molecule has 0 saturated carbocycles. The van der Waals surface area contributed by atoms with Gasteiger partial charge in [0.1, 0.15) is 11.5 Å². The highest BCUT2D eigenvalue weighted by atomic mass is 79.9. The van der Waals surface area contributed by atoms with Crippen molar-refractivity contribution in [2.24, 2.45) is 11.7 Å². The Balaban J connectivity index is 2.55. The fourth-order valence-electron chi connectivity index (χ4n) is 2.34. The Morgan fingerprint density at radius 1 is 1.40 bits per heavy atom. The number of hydrogen-bond acceptors (Lipinski definition) is 3. The molecule has 3 nitrogen and oxygen atoms in total. The summed E-state index contributed by atoms with van der Waals surface area (Å²) in [6.07, 6.45) is 4.08. The van der Waals surface area contributed by atoms with Gasteiger partial charge in [0.05, 0.1) is 7.11 Å². The average Bonchev–Trinajstić information content (AvgIpc) is 2.43. The largest absolute Gasteiger partial charge is 0.496 e. The molecule has 1 aromatic rings. The molecule has 0 radical (unpaired) electrons. The number of rotatable bonds is 9. The first-order chi connectivity index (χ1) is 9.60. The maximum atomic E-state index is 12.1. The van der Waals surface area contributed by atoms with E-state index in [-0.39, 0.29) is 5.78 Å². The molecule has 4 heteroatoms. The minimum atomic E-state index is 0.261. The molecule has 0 aromatic heterocycles. The van der Waals surface area contributed by atoms with Crippen molar-refractivity contribution >= 4 is 21.7 Å². The fourth-order valence-corrected chi connectivity index (χ4v) is 2.75. The van der Waals surface area contributed by atoms with Crippen LogP contribution in [0.15, 0.2) is 22.7 Å². The molecule has 0 aliphatic heterocycles. The number of ether oxygens (including phenoxy) is 1. The Labute approximate surface area is 130 Å². The smallest absolute Gasteiger partial charge is 0.137 e. The monoisotopic (exact) mass is 341 g/mol. The first-order valence-electron chi connectivity index (χ1n) is 7.14. The summed E-state index contributed by atoms with van der Waals surface area (Å²) in [5.74, 6) is 1.60. The van der Waals surface area contributed by atoms with Gasteiger partial charge in [-0.3, -0.25) is 4.79 Å². The number of ketones is 1. The Hall–Kier alpha value is -0.870. The van der Waals surface area contributed by atoms with Gasteiger partial charge in [-0.2, -0.15) is 0 Å². The molecule has 0 heterocycles. The number of benzene rings is 1. The van der Waals surface area contributed by atoms with Gasteiger partial charge in [-0.05, 0) is 43.5 Å². The highest BCUT2D eigenvalue weighted by molar-refractivity contribution is 9.10. The lowest BCUT2D eigenvalue weighted by atomic mass is 9.94. The van der Waals surface area contributed by atoms with Crippen molar-refractivity contribution in [3.8, 4) is 5.75 Å². The van der Waals surface area contributed by atoms with Crippen LogP contribution in [0.5, 0.6) is 5.75 Å². The van der Waals surface area contributed by atoms with Gasteiger partial charge < -0.3 is 10.5 Å². The number of nitrogens with two attached hydrogens (primary N) is 1. The number of carbonyl (C=O) groups excluding carboxylic acids is 1. The van der Waals surface area contributed by atoms with Crippen molar-refractivity contribution in [3.63, 3.8) is 0 Å². The highest BCUT2D eigenvalue weighted by Crippen LogP contribution is 2.24. The van der Waals surface area contributed by atoms with Crippen LogP contribution >= 0.6 is 15.9 Å². The molecule has 112 valence electrons. The van der Waals surface area contributed by atoms with E-state index in [4.69, 9.17) is 10.5 Å². The van der Waals surface area contributed by atoms with E-state index in [2.05, 4.69) is 22.9 Å². The highest BCUT2D eigenvalue weighted by Gasteiger charge is 2.12. The minimum absolute atomic E-state index is 0.261. The summed E-state index contributed by atoms with van der Waals surface area (Å²) < 4.78 is 6.27. The van der Waals surface area contributed by atoms with Gasteiger partial charge in [0.15, 0.2) is 0 Å². The molecule has 1 atom stereocenters. The van der Waals surface area contributed by atoms with Gasteiger partial charge in [-0.15, -0.1) is 0 Å². The predicted octanol–water partition coefficient (Wildman–Crippen LogP) is 3.72. The van der Waals surface area contributed by atoms with E-state index in [0.29, 0.717) is 25.3 Å². The average molecular weight is 342 g/mol. The first kappa shape index (κ1) is 17.2. The lowest BCUT2D eigenvalue weighted by molar-refractivity contribution is -0.118. The van der Waals surface area contributed by atoms with Crippen molar-refractivity contribution in [1.82, 2.24) is 0 Å². The molecular weight excluding hydrogens is 318 g/mol. The van der Waals surface area contributed by atoms with Crippen molar-refractivity contribution in [3.05, 3.63) is 28.2 Å². The molecule has 20 heavy (non-hydrogen) atoms. The van der Waals surface area contributed by atoms with Gasteiger partial charge in [-0.25, -0.2) is 0 Å². The second kappa shape index (κ2) is 9.14. The Bertz CT molecular complexity index is 434. The molecule has 0 amide bonds. The Kier molecular flexibility index (Phi) is 7.85. The van der Waals surface area contributed by atoms with Crippen LogP contribution < -0.4 is 10.5 Å². The summed E-state index contributed by atoms with van der Waals surface area (Å²) in [7, 11) is 1.63. The zero-order valence-electron chi connectivity index (χ0n) is 12.3. The van der Waals surface area contributed by atoms with Crippen molar-refractivity contribution < 1.29 is 9.53 Å². The molecule has 0 aliphatic rings. The lowest BCUT2D eigenvalue weighted by Crippen LogP contribution is -2.11. The molecule has 0 fully saturated rings. The zero-order chi connectivity index (χ0) is 15.0. The normalized spacial score (nSPS) is 12.2. The van der Waals surface area contributed by atoms with Gasteiger partial charge in [0.2, 0.25) is 0 Å². The topological polar surface area (TPSA) is 52.3 Å². The number of hydrogen-bond donors (Lipinski definition) is 1. The summed E-state index contributed by atoms with van der Waals surface area (Å²) in [4.78, 5) is 12.1. The maximum absolute atomic E-state index is 12.1. The first-order valence-corrected chi connectivity index (χ1v) is 7.94. The van der Waals surface area contributed by atoms with Crippen LogP contribution in [0, 0.1) is 5.92 Å². The summed E-state index contributed by atoms with van der Waals surface area (Å²) in [6, 6.07) is 5.76. The molecule has 0 bridgehead atoms. The van der Waals surface area contributed by atoms with Crippen molar-refractivity contribution in [2.45, 2.75) is 39.0 Å². The van der Waals surface area contributed by atoms with Crippen molar-refractivity contribution in [1.29, 1.82) is 0 Å². The fraction of sp³-hybridized carbons (Fsp3) is 0.562. The molecule has 1 rings (SSSR count). The van der Waals surface area contributed by atoms with Crippen LogP contribution in [0.4, 0.5) is 0 Å². The predicted molar refractivity (Wildman–Crippen MR) is 86.1 cm³/mol. The van der Waals surface area contributed by atoms with Crippen LogP contribution in [-0.2, 0) is 11.2 Å². The van der Waals surface area contributed by atoms with E-state index < -0.39 is 0 Å². The van der Waals surface area contributed by atoms with Crippen LogP contribution in [0.25, 0.3) is 0 Å². The molecular formula is C16H24BrNO2. The number of carbonyl (C=O) groups is 1. The summed E-state index contributed by atoms with van der Waals surface area (Å²) in [6.45, 7) is 2.86. The third-order valence-corrected chi connectivity index (χ3v) is 4.11. The summed E-state index contributed by atoms with van der Waals surface area (Å²) >= 11 is 3.43. The number of methoxy groups -OCH3 is 1. The third-order valence-electron chi connectivity index (χ3n) is 3.61. The molecule has 0 saturated heterocycles. The van der Waals surface area contributed by atoms with Crippen LogP contribution in [0.1, 0.15) is 38.2 Å². The Morgan fingerprint density at radius 2 is 2.15 bits per heavy atom. The zero-order valence-corrected chi connectivity index (χ0v) is 13.9. The third kappa shape index (κ3) is 5.63. The van der Waals surface area contributed by atoms with Crippen LogP contribution in [0.2, 0.25) is 0 Å². The van der Waals surface area contributed by atoms with Gasteiger partial charge >= 0.3 is 0 Å². The van der Waals surface area contributed by atoms with E-state index in [9.17, 15) is 4.79 Å². The lowest BCUT2D eigenvalue weighted by Gasteiger charge is -2.13. The van der Waals surface area contributed by atoms with Gasteiger partial charge in [0, 0.05) is 22.9 Å². The quantitative estimate of drug-likeness (QED) is 0.744. The number of halogens is 1. The SMILES string of the molecule is CCC(CCN)CCC(=O)Cc1cc(Br)ccc1OC. The molecule has 0 aliphatic carbocycles. The van der Waals surface area contributed by atoms with Gasteiger partial charge in [-0.1, -0.05) is 29.3 Å². The van der Waals surface area contributed by atoms with Crippen LogP contribution in [-0.4, -0.2) is 19.4 Å². The molecule has 0 spiro atoms. The second-order valence-electron chi connectivity index (χ2n) is 5.06. The molecule has 1 unspecified atom stereocenters. The van der Waals surface area contributed by atoms with Crippen LogP contribution in [0.3, 0.4) is 0 Å². The summed E-state index contributed by atoms with van der Waals surface area (Å²) in [5.41, 5.74) is 6.53. The maximum Gasteiger partial charge on any atom is 0.137 e. The Morgan fingerprint density at radius 3 is 2.75 bits per heavy atom. The van der Waals surface area contributed by atoms with E-state index in [1.807, 2.05) is 18.2 Å². The van der Waals surface area contributed by atoms with Gasteiger partial charge in [0.25, 0.3) is 0 Å². The van der Waals surface area contributed by atoms with E-state index in [1.54, 1.807) is 7.11 Å². The molecule has 1 aromatic carbocycles.